The second kappa shape index (κ2) is 9.90. The van der Waals surface area contributed by atoms with Gasteiger partial charge < -0.3 is 10.4 Å². The van der Waals surface area contributed by atoms with Crippen molar-refractivity contribution in [1.29, 1.82) is 0 Å². The highest BCUT2D eigenvalue weighted by Gasteiger charge is 2.25. The lowest BCUT2D eigenvalue weighted by atomic mass is 9.94. The van der Waals surface area contributed by atoms with Crippen molar-refractivity contribution in [2.45, 2.75) is 26.3 Å². The van der Waals surface area contributed by atoms with Crippen molar-refractivity contribution in [2.75, 3.05) is 26.2 Å². The maximum atomic E-state index is 10.2. The molecule has 1 heterocycles. The van der Waals surface area contributed by atoms with Crippen molar-refractivity contribution in [3.05, 3.63) is 28.2 Å². The van der Waals surface area contributed by atoms with Gasteiger partial charge in [-0.3, -0.25) is 4.90 Å². The van der Waals surface area contributed by atoms with Gasteiger partial charge >= 0.3 is 0 Å². The molecule has 2 rings (SSSR count). The number of phenolic OH excluding ortho intramolecular Hbond substituents is 1. The topological polar surface area (TPSA) is 35.5 Å². The first-order valence-corrected chi connectivity index (χ1v) is 7.80. The fourth-order valence-corrected chi connectivity index (χ4v) is 3.06. The van der Waals surface area contributed by atoms with Gasteiger partial charge in [0.25, 0.3) is 0 Å². The number of rotatable bonds is 4. The third-order valence-electron chi connectivity index (χ3n) is 3.64. The quantitative estimate of drug-likeness (QED) is 0.803. The van der Waals surface area contributed by atoms with Crippen LogP contribution in [0.5, 0.6) is 5.75 Å². The minimum Gasteiger partial charge on any atom is -0.508 e. The fourth-order valence-electron chi connectivity index (χ4n) is 2.71. The van der Waals surface area contributed by atoms with Crippen LogP contribution in [0.4, 0.5) is 0 Å². The molecule has 0 bridgehead atoms. The smallest absolute Gasteiger partial charge is 0.121 e. The van der Waals surface area contributed by atoms with Crippen LogP contribution in [0.15, 0.2) is 22.7 Å². The first kappa shape index (κ1) is 21.0. The number of phenols is 1. The molecule has 6 heteroatoms. The molecule has 0 aliphatic carbocycles. The van der Waals surface area contributed by atoms with Crippen molar-refractivity contribution >= 4 is 40.7 Å². The lowest BCUT2D eigenvalue weighted by Crippen LogP contribution is -2.45. The van der Waals surface area contributed by atoms with E-state index in [9.17, 15) is 5.11 Å². The Labute approximate surface area is 148 Å². The zero-order valence-corrected chi connectivity index (χ0v) is 15.7. The van der Waals surface area contributed by atoms with E-state index in [2.05, 4.69) is 46.1 Å². The molecule has 0 saturated carbocycles. The summed E-state index contributed by atoms with van der Waals surface area (Å²) in [5, 5.41) is 13.6. The average molecular weight is 400 g/mol. The standard InChI is InChI=1S/C15H23BrN2O.2ClH/c1-11(2)9-14(18-7-5-17-6-8-18)13-4-3-12(16)10-15(13)19;;/h3-4,10-11,14,17,19H,5-9H2,1-2H3;2*1H/t14-;;/m1../s1. The number of halogens is 3. The summed E-state index contributed by atoms with van der Waals surface area (Å²) in [5.74, 6) is 1.02. The Kier molecular flexibility index (Phi) is 9.90. The summed E-state index contributed by atoms with van der Waals surface area (Å²) < 4.78 is 0.928. The Morgan fingerprint density at radius 3 is 2.38 bits per heavy atom. The number of nitrogens with one attached hydrogen (secondary N) is 1. The van der Waals surface area contributed by atoms with Crippen molar-refractivity contribution in [3.8, 4) is 5.75 Å². The summed E-state index contributed by atoms with van der Waals surface area (Å²) >= 11 is 3.41. The van der Waals surface area contributed by atoms with Gasteiger partial charge in [-0.2, -0.15) is 0 Å². The minimum absolute atomic E-state index is 0. The molecule has 0 unspecified atom stereocenters. The molecule has 0 aromatic heterocycles. The highest BCUT2D eigenvalue weighted by molar-refractivity contribution is 9.10. The van der Waals surface area contributed by atoms with Crippen molar-refractivity contribution < 1.29 is 5.11 Å². The van der Waals surface area contributed by atoms with Crippen LogP contribution in [0.2, 0.25) is 0 Å². The van der Waals surface area contributed by atoms with Gasteiger partial charge in [0.15, 0.2) is 0 Å². The van der Waals surface area contributed by atoms with Gasteiger partial charge in [0.2, 0.25) is 0 Å². The van der Waals surface area contributed by atoms with Gasteiger partial charge in [-0.25, -0.2) is 0 Å². The third-order valence-corrected chi connectivity index (χ3v) is 4.13. The van der Waals surface area contributed by atoms with Crippen molar-refractivity contribution in [2.24, 2.45) is 5.92 Å². The SMILES string of the molecule is CC(C)C[C@H](c1ccc(Br)cc1O)N1CCNCC1.Cl.Cl. The number of hydrogen-bond donors (Lipinski definition) is 2. The molecule has 1 atom stereocenters. The number of nitrogens with zero attached hydrogens (tertiary/aromatic N) is 1. The molecule has 1 fully saturated rings. The largest absolute Gasteiger partial charge is 0.508 e. The Bertz CT molecular complexity index is 426. The number of piperazine rings is 1. The first-order chi connectivity index (χ1) is 9.08. The Balaban J connectivity index is 0.00000200. The molecule has 1 aromatic carbocycles. The second-order valence-corrected chi connectivity index (χ2v) is 6.55. The molecular weight excluding hydrogens is 375 g/mol. The minimum atomic E-state index is 0. The molecule has 1 saturated heterocycles. The zero-order chi connectivity index (χ0) is 13.8. The number of benzene rings is 1. The summed E-state index contributed by atoms with van der Waals surface area (Å²) in [7, 11) is 0. The van der Waals surface area contributed by atoms with Gasteiger partial charge in [0.1, 0.15) is 5.75 Å². The lowest BCUT2D eigenvalue weighted by Gasteiger charge is -2.36. The number of aromatic hydroxyl groups is 1. The highest BCUT2D eigenvalue weighted by Crippen LogP contribution is 2.35. The van der Waals surface area contributed by atoms with E-state index in [1.54, 1.807) is 6.07 Å². The predicted octanol–water partition coefficient (Wildman–Crippen LogP) is 3.99. The van der Waals surface area contributed by atoms with E-state index in [-0.39, 0.29) is 24.8 Å². The normalized spacial score (nSPS) is 17.0. The van der Waals surface area contributed by atoms with Crippen LogP contribution in [0.1, 0.15) is 31.9 Å². The van der Waals surface area contributed by atoms with E-state index in [4.69, 9.17) is 0 Å². The molecule has 1 aliphatic rings. The third kappa shape index (κ3) is 5.95. The molecule has 2 N–H and O–H groups in total. The molecule has 1 aliphatic heterocycles. The van der Waals surface area contributed by atoms with Gasteiger partial charge in [0.05, 0.1) is 0 Å². The van der Waals surface area contributed by atoms with Gasteiger partial charge in [-0.1, -0.05) is 35.8 Å². The van der Waals surface area contributed by atoms with Gasteiger partial charge in [-0.05, 0) is 24.5 Å². The van der Waals surface area contributed by atoms with Gasteiger partial charge in [-0.15, -0.1) is 24.8 Å². The van der Waals surface area contributed by atoms with Crippen LogP contribution in [-0.2, 0) is 0 Å². The van der Waals surface area contributed by atoms with Crippen LogP contribution < -0.4 is 5.32 Å². The summed E-state index contributed by atoms with van der Waals surface area (Å²) in [5.41, 5.74) is 1.05. The van der Waals surface area contributed by atoms with E-state index in [1.165, 1.54) is 0 Å². The van der Waals surface area contributed by atoms with Crippen molar-refractivity contribution in [1.82, 2.24) is 10.2 Å². The van der Waals surface area contributed by atoms with Gasteiger partial charge in [0, 0.05) is 42.3 Å². The Hall–Kier alpha value is -0.000000000000000111. The van der Waals surface area contributed by atoms with Crippen LogP contribution >= 0.6 is 40.7 Å². The van der Waals surface area contributed by atoms with Crippen LogP contribution in [0.25, 0.3) is 0 Å². The summed E-state index contributed by atoms with van der Waals surface area (Å²) in [6, 6.07) is 6.18. The molecule has 0 spiro atoms. The molecule has 21 heavy (non-hydrogen) atoms. The fraction of sp³-hybridized carbons (Fsp3) is 0.600. The van der Waals surface area contributed by atoms with E-state index in [0.29, 0.717) is 17.7 Å². The highest BCUT2D eigenvalue weighted by atomic mass is 79.9. The van der Waals surface area contributed by atoms with E-state index < -0.39 is 0 Å². The first-order valence-electron chi connectivity index (χ1n) is 7.01. The van der Waals surface area contributed by atoms with Crippen LogP contribution in [0, 0.1) is 5.92 Å². The molecule has 0 amide bonds. The maximum Gasteiger partial charge on any atom is 0.121 e. The molecule has 122 valence electrons. The Morgan fingerprint density at radius 2 is 1.86 bits per heavy atom. The predicted molar refractivity (Wildman–Crippen MR) is 96.9 cm³/mol. The van der Waals surface area contributed by atoms with Crippen LogP contribution in [0.3, 0.4) is 0 Å². The number of hydrogen-bond acceptors (Lipinski definition) is 3. The van der Waals surface area contributed by atoms with E-state index >= 15 is 0 Å². The van der Waals surface area contributed by atoms with E-state index in [0.717, 1.165) is 42.6 Å². The summed E-state index contributed by atoms with van der Waals surface area (Å²) in [6.45, 7) is 8.65. The summed E-state index contributed by atoms with van der Waals surface area (Å²) in [4.78, 5) is 2.49. The monoisotopic (exact) mass is 398 g/mol. The maximum absolute atomic E-state index is 10.2. The van der Waals surface area contributed by atoms with Crippen molar-refractivity contribution in [3.63, 3.8) is 0 Å². The second-order valence-electron chi connectivity index (χ2n) is 5.63. The van der Waals surface area contributed by atoms with E-state index in [1.807, 2.05) is 6.07 Å². The molecule has 0 radical (unpaired) electrons. The molecule has 3 nitrogen and oxygen atoms in total. The van der Waals surface area contributed by atoms with Crippen LogP contribution in [-0.4, -0.2) is 36.2 Å². The molecule has 1 aromatic rings. The molecular formula is C15H25BrCl2N2O. The lowest BCUT2D eigenvalue weighted by molar-refractivity contribution is 0.151. The summed E-state index contributed by atoms with van der Waals surface area (Å²) in [6.07, 6.45) is 1.08. The zero-order valence-electron chi connectivity index (χ0n) is 12.5. The Morgan fingerprint density at radius 1 is 1.24 bits per heavy atom. The average Bonchev–Trinajstić information content (AvgIpc) is 2.37.